The number of hydrogen-bond acceptors (Lipinski definition) is 2. The molecule has 0 aromatic heterocycles. The molecule has 0 bridgehead atoms. The molecule has 0 radical (unpaired) electrons. The largest absolute Gasteiger partial charge is 1.00 e. The monoisotopic (exact) mass is 254 g/mol. The normalized spacial score (nSPS) is 19.6. The molecule has 1 aliphatic carbocycles. The van der Waals surface area contributed by atoms with Gasteiger partial charge in [-0.3, -0.25) is 0 Å². The van der Waals surface area contributed by atoms with Crippen molar-refractivity contribution >= 4 is 5.97 Å². The smallest absolute Gasteiger partial charge is 0.545 e. The Hall–Kier alpha value is -0.310. The van der Waals surface area contributed by atoms with Crippen molar-refractivity contribution in [1.82, 2.24) is 0 Å². The summed E-state index contributed by atoms with van der Waals surface area (Å²) >= 11 is 0. The Bertz CT molecular complexity index is 475. The van der Waals surface area contributed by atoms with Gasteiger partial charge in [0.2, 0.25) is 0 Å². The Morgan fingerprint density at radius 2 is 1.56 bits per heavy atom. The minimum atomic E-state index is -1.09. The Morgan fingerprint density at radius 1 is 1.06 bits per heavy atom. The van der Waals surface area contributed by atoms with Crippen molar-refractivity contribution < 1.29 is 39.5 Å². The summed E-state index contributed by atoms with van der Waals surface area (Å²) in [6.45, 7) is 8.81. The van der Waals surface area contributed by atoms with E-state index in [9.17, 15) is 9.90 Å². The van der Waals surface area contributed by atoms with E-state index >= 15 is 0 Å². The van der Waals surface area contributed by atoms with E-state index in [1.165, 1.54) is 5.56 Å². The second kappa shape index (κ2) is 4.99. The average Bonchev–Trinajstić information content (AvgIpc) is 2.24. The fourth-order valence-electron chi connectivity index (χ4n) is 2.72. The van der Waals surface area contributed by atoms with Crippen LogP contribution in [0.2, 0.25) is 0 Å². The predicted molar refractivity (Wildman–Crippen MR) is 66.1 cm³/mol. The molecule has 92 valence electrons. The summed E-state index contributed by atoms with van der Waals surface area (Å²) in [6.07, 6.45) is 2.22. The van der Waals surface area contributed by atoms with Gasteiger partial charge in [-0.05, 0) is 46.4 Å². The van der Waals surface area contributed by atoms with Crippen molar-refractivity contribution in [3.63, 3.8) is 0 Å². The van der Waals surface area contributed by atoms with Crippen molar-refractivity contribution in [2.45, 2.75) is 51.4 Å². The number of hydrogen-bond donors (Lipinski definition) is 0. The minimum absolute atomic E-state index is 0. The fourth-order valence-corrected chi connectivity index (χ4v) is 2.72. The number of carboxylic acids is 1. The van der Waals surface area contributed by atoms with Crippen molar-refractivity contribution in [2.75, 3.05) is 0 Å². The van der Waals surface area contributed by atoms with Crippen molar-refractivity contribution in [2.24, 2.45) is 0 Å². The number of carboxylic acid groups (broad SMARTS) is 1. The van der Waals surface area contributed by atoms with Crippen LogP contribution in [0.3, 0.4) is 0 Å². The SMILES string of the molecule is CC1(C)CCC(C)(C)c2cc(C(=O)[O-])ccc21.[Na+]. The van der Waals surface area contributed by atoms with Crippen LogP contribution < -0.4 is 34.7 Å². The van der Waals surface area contributed by atoms with Gasteiger partial charge in [-0.15, -0.1) is 0 Å². The molecule has 0 unspecified atom stereocenters. The Balaban J connectivity index is 0.00000162. The fraction of sp³-hybridized carbons (Fsp3) is 0.533. The molecule has 1 aromatic rings. The topological polar surface area (TPSA) is 40.1 Å². The number of aromatic carboxylic acids is 1. The van der Waals surface area contributed by atoms with Crippen LogP contribution >= 0.6 is 0 Å². The maximum atomic E-state index is 10.9. The summed E-state index contributed by atoms with van der Waals surface area (Å²) in [7, 11) is 0. The van der Waals surface area contributed by atoms with Gasteiger partial charge < -0.3 is 9.90 Å². The zero-order valence-corrected chi connectivity index (χ0v) is 14.0. The number of carbonyl (C=O) groups is 1. The third-order valence-electron chi connectivity index (χ3n) is 4.09. The first kappa shape index (κ1) is 15.7. The Morgan fingerprint density at radius 3 is 2.06 bits per heavy atom. The van der Waals surface area contributed by atoms with Gasteiger partial charge in [-0.2, -0.15) is 0 Å². The van der Waals surface area contributed by atoms with Gasteiger partial charge in [0.1, 0.15) is 0 Å². The zero-order chi connectivity index (χ0) is 12.8. The predicted octanol–water partition coefficient (Wildman–Crippen LogP) is -0.597. The first-order chi connectivity index (χ1) is 7.74. The van der Waals surface area contributed by atoms with Gasteiger partial charge in [0.05, 0.1) is 5.97 Å². The quantitative estimate of drug-likeness (QED) is 0.628. The molecule has 0 atom stereocenters. The maximum absolute atomic E-state index is 10.9. The second-order valence-corrected chi connectivity index (χ2v) is 6.32. The average molecular weight is 254 g/mol. The molecule has 0 fully saturated rings. The van der Waals surface area contributed by atoms with E-state index in [4.69, 9.17) is 0 Å². The molecular weight excluding hydrogens is 235 g/mol. The third-order valence-corrected chi connectivity index (χ3v) is 4.09. The number of rotatable bonds is 1. The van der Waals surface area contributed by atoms with Crippen LogP contribution in [-0.4, -0.2) is 5.97 Å². The third kappa shape index (κ3) is 2.66. The molecule has 0 spiro atoms. The summed E-state index contributed by atoms with van der Waals surface area (Å²) in [5, 5.41) is 10.9. The molecular formula is C15H19NaO2. The zero-order valence-electron chi connectivity index (χ0n) is 12.0. The molecule has 0 saturated heterocycles. The molecule has 18 heavy (non-hydrogen) atoms. The van der Waals surface area contributed by atoms with Gasteiger partial charge in [0, 0.05) is 0 Å². The molecule has 3 heteroatoms. The molecule has 0 aliphatic heterocycles. The van der Waals surface area contributed by atoms with Crippen LogP contribution in [-0.2, 0) is 10.8 Å². The van der Waals surface area contributed by atoms with E-state index in [2.05, 4.69) is 27.7 Å². The van der Waals surface area contributed by atoms with E-state index in [1.807, 2.05) is 6.07 Å². The summed E-state index contributed by atoms with van der Waals surface area (Å²) in [4.78, 5) is 10.9. The summed E-state index contributed by atoms with van der Waals surface area (Å²) in [5.41, 5.74) is 2.91. The van der Waals surface area contributed by atoms with E-state index in [0.29, 0.717) is 0 Å². The molecule has 1 aromatic carbocycles. The molecule has 1 aliphatic rings. The van der Waals surface area contributed by atoms with E-state index in [0.717, 1.165) is 18.4 Å². The molecule has 0 amide bonds. The molecule has 2 nitrogen and oxygen atoms in total. The number of benzene rings is 1. The summed E-state index contributed by atoms with van der Waals surface area (Å²) in [5.74, 6) is -1.09. The molecule has 0 heterocycles. The van der Waals surface area contributed by atoms with Crippen molar-refractivity contribution in [1.29, 1.82) is 0 Å². The Labute approximate surface area is 131 Å². The van der Waals surface area contributed by atoms with Crippen LogP contribution in [0.5, 0.6) is 0 Å². The maximum Gasteiger partial charge on any atom is 1.00 e. The van der Waals surface area contributed by atoms with E-state index in [-0.39, 0.29) is 46.0 Å². The van der Waals surface area contributed by atoms with Gasteiger partial charge in [-0.1, -0.05) is 39.8 Å². The second-order valence-electron chi connectivity index (χ2n) is 6.32. The van der Waals surface area contributed by atoms with E-state index < -0.39 is 5.97 Å². The van der Waals surface area contributed by atoms with Crippen molar-refractivity contribution in [3.8, 4) is 0 Å². The van der Waals surface area contributed by atoms with Crippen LogP contribution in [0.4, 0.5) is 0 Å². The van der Waals surface area contributed by atoms with Crippen LogP contribution in [0.1, 0.15) is 62.0 Å². The van der Waals surface area contributed by atoms with Crippen LogP contribution in [0.25, 0.3) is 0 Å². The Kier molecular flexibility index (Phi) is 4.37. The molecule has 0 saturated carbocycles. The van der Waals surface area contributed by atoms with Gasteiger partial charge in [0.25, 0.3) is 0 Å². The first-order valence-electron chi connectivity index (χ1n) is 6.10. The number of carbonyl (C=O) groups excluding carboxylic acids is 1. The summed E-state index contributed by atoms with van der Waals surface area (Å²) < 4.78 is 0. The minimum Gasteiger partial charge on any atom is -0.545 e. The van der Waals surface area contributed by atoms with Crippen LogP contribution in [0, 0.1) is 0 Å². The molecule has 0 N–H and O–H groups in total. The van der Waals surface area contributed by atoms with Crippen molar-refractivity contribution in [3.05, 3.63) is 34.9 Å². The van der Waals surface area contributed by atoms with E-state index in [1.54, 1.807) is 12.1 Å². The van der Waals surface area contributed by atoms with Gasteiger partial charge in [-0.25, -0.2) is 0 Å². The van der Waals surface area contributed by atoms with Gasteiger partial charge >= 0.3 is 29.6 Å². The van der Waals surface area contributed by atoms with Gasteiger partial charge in [0.15, 0.2) is 0 Å². The standard InChI is InChI=1S/C15H20O2.Na/c1-14(2)7-8-15(3,4)12-9-10(13(16)17)5-6-11(12)14;/h5-6,9H,7-8H2,1-4H3,(H,16,17);/q;+1/p-1. The number of fused-ring (bicyclic) bond motifs is 1. The summed E-state index contributed by atoms with van der Waals surface area (Å²) in [6, 6.07) is 5.42. The van der Waals surface area contributed by atoms with Crippen LogP contribution in [0.15, 0.2) is 18.2 Å². The molecule has 2 rings (SSSR count). The first-order valence-corrected chi connectivity index (χ1v) is 6.10.